The number of benzene rings is 2. The van der Waals surface area contributed by atoms with Crippen LogP contribution < -0.4 is 15.0 Å². The molecule has 2 aromatic carbocycles. The van der Waals surface area contributed by atoms with E-state index >= 15 is 0 Å². The molecule has 3 rings (SSSR count). The van der Waals surface area contributed by atoms with Crippen LogP contribution in [0.4, 0.5) is 16.2 Å². The molecular formula is C18H20ClN3O2. The normalized spacial score (nSPS) is 14.4. The van der Waals surface area contributed by atoms with Crippen LogP contribution in [0.2, 0.25) is 5.02 Å². The molecule has 6 heteroatoms. The number of anilines is 2. The minimum atomic E-state index is -0.0705. The Bertz CT molecular complexity index is 701. The number of nitrogens with zero attached hydrogens (tertiary/aromatic N) is 2. The van der Waals surface area contributed by atoms with Crippen molar-refractivity contribution in [2.75, 3.05) is 43.5 Å². The number of rotatable bonds is 3. The van der Waals surface area contributed by atoms with Crippen molar-refractivity contribution in [2.24, 2.45) is 0 Å². The van der Waals surface area contributed by atoms with Gasteiger partial charge in [0.1, 0.15) is 5.75 Å². The van der Waals surface area contributed by atoms with Crippen molar-refractivity contribution in [1.29, 1.82) is 0 Å². The summed E-state index contributed by atoms with van der Waals surface area (Å²) in [6.07, 6.45) is 0. The molecule has 0 unspecified atom stereocenters. The van der Waals surface area contributed by atoms with Crippen LogP contribution in [0.5, 0.6) is 5.75 Å². The van der Waals surface area contributed by atoms with Gasteiger partial charge < -0.3 is 19.9 Å². The number of nitrogens with one attached hydrogen (secondary N) is 1. The summed E-state index contributed by atoms with van der Waals surface area (Å²) in [4.78, 5) is 16.3. The highest BCUT2D eigenvalue weighted by atomic mass is 35.5. The molecule has 1 saturated heterocycles. The summed E-state index contributed by atoms with van der Waals surface area (Å²) in [5, 5.41) is 3.60. The minimum absolute atomic E-state index is 0.0705. The lowest BCUT2D eigenvalue weighted by Gasteiger charge is -2.36. The van der Waals surface area contributed by atoms with Crippen molar-refractivity contribution in [3.05, 3.63) is 53.6 Å². The number of amides is 2. The fourth-order valence-electron chi connectivity index (χ4n) is 2.78. The Balaban J connectivity index is 1.62. The van der Waals surface area contributed by atoms with Gasteiger partial charge in [-0.15, -0.1) is 0 Å². The van der Waals surface area contributed by atoms with Crippen molar-refractivity contribution in [1.82, 2.24) is 4.90 Å². The van der Waals surface area contributed by atoms with E-state index in [4.69, 9.17) is 16.3 Å². The zero-order valence-corrected chi connectivity index (χ0v) is 14.3. The van der Waals surface area contributed by atoms with Crippen LogP contribution in [0.3, 0.4) is 0 Å². The summed E-state index contributed by atoms with van der Waals surface area (Å²) in [6, 6.07) is 15.0. The fourth-order valence-corrected chi connectivity index (χ4v) is 2.95. The van der Waals surface area contributed by atoms with Crippen molar-refractivity contribution in [2.45, 2.75) is 0 Å². The maximum atomic E-state index is 12.3. The lowest BCUT2D eigenvalue weighted by molar-refractivity contribution is 0.208. The Hall–Kier alpha value is -2.40. The molecule has 126 valence electrons. The van der Waals surface area contributed by atoms with Crippen molar-refractivity contribution in [3.8, 4) is 5.75 Å². The number of carbonyl (C=O) groups excluding carboxylic acids is 1. The first kappa shape index (κ1) is 16.5. The van der Waals surface area contributed by atoms with E-state index in [-0.39, 0.29) is 6.03 Å². The summed E-state index contributed by atoms with van der Waals surface area (Å²) in [6.45, 7) is 2.76. The molecule has 0 spiro atoms. The van der Waals surface area contributed by atoms with Gasteiger partial charge in [-0.25, -0.2) is 4.79 Å². The van der Waals surface area contributed by atoms with Gasteiger partial charge >= 0.3 is 6.03 Å². The van der Waals surface area contributed by atoms with E-state index in [1.807, 2.05) is 53.4 Å². The van der Waals surface area contributed by atoms with Gasteiger partial charge in [-0.2, -0.15) is 0 Å². The van der Waals surface area contributed by atoms with Gasteiger partial charge in [0.05, 0.1) is 12.8 Å². The number of ether oxygens (including phenoxy) is 1. The number of urea groups is 1. The summed E-state index contributed by atoms with van der Waals surface area (Å²) < 4.78 is 5.41. The smallest absolute Gasteiger partial charge is 0.321 e. The third-order valence-corrected chi connectivity index (χ3v) is 4.31. The first-order chi connectivity index (χ1) is 11.7. The van der Waals surface area contributed by atoms with E-state index in [1.54, 1.807) is 7.11 Å². The zero-order chi connectivity index (χ0) is 16.9. The largest absolute Gasteiger partial charge is 0.495 e. The molecule has 1 aliphatic heterocycles. The minimum Gasteiger partial charge on any atom is -0.495 e. The van der Waals surface area contributed by atoms with Crippen LogP contribution in [-0.4, -0.2) is 44.2 Å². The predicted octanol–water partition coefficient (Wildman–Crippen LogP) is 3.70. The number of carbonyl (C=O) groups is 1. The van der Waals surface area contributed by atoms with Gasteiger partial charge in [0.25, 0.3) is 0 Å². The van der Waals surface area contributed by atoms with E-state index in [1.165, 1.54) is 0 Å². The molecule has 1 heterocycles. The number of hydrogen-bond donors (Lipinski definition) is 1. The second-order valence-electron chi connectivity index (χ2n) is 5.59. The van der Waals surface area contributed by atoms with Crippen LogP contribution in [0.25, 0.3) is 0 Å². The maximum Gasteiger partial charge on any atom is 0.321 e. The number of methoxy groups -OCH3 is 1. The quantitative estimate of drug-likeness (QED) is 0.922. The topological polar surface area (TPSA) is 44.8 Å². The molecule has 0 atom stereocenters. The van der Waals surface area contributed by atoms with Crippen LogP contribution in [-0.2, 0) is 0 Å². The van der Waals surface area contributed by atoms with E-state index in [9.17, 15) is 4.79 Å². The number of hydrogen-bond acceptors (Lipinski definition) is 3. The molecule has 2 amide bonds. The van der Waals surface area contributed by atoms with E-state index in [2.05, 4.69) is 10.2 Å². The molecule has 0 radical (unpaired) electrons. The predicted molar refractivity (Wildman–Crippen MR) is 97.3 cm³/mol. The second kappa shape index (κ2) is 7.45. The van der Waals surface area contributed by atoms with Crippen LogP contribution in [0, 0.1) is 0 Å². The summed E-state index contributed by atoms with van der Waals surface area (Å²) in [7, 11) is 1.65. The van der Waals surface area contributed by atoms with Gasteiger partial charge in [-0.1, -0.05) is 29.8 Å². The van der Waals surface area contributed by atoms with Crippen LogP contribution in [0.15, 0.2) is 48.5 Å². The Kier molecular flexibility index (Phi) is 5.11. The van der Waals surface area contributed by atoms with E-state index in [0.717, 1.165) is 30.2 Å². The molecule has 1 N–H and O–H groups in total. The van der Waals surface area contributed by atoms with Crippen molar-refractivity contribution >= 4 is 29.0 Å². The Morgan fingerprint density at radius 1 is 1.08 bits per heavy atom. The van der Waals surface area contributed by atoms with Gasteiger partial charge in [0.2, 0.25) is 0 Å². The second-order valence-corrected chi connectivity index (χ2v) is 6.02. The SMILES string of the molecule is COc1ccc(Cl)cc1N1CCN(C(=O)Nc2ccccc2)CC1. The van der Waals surface area contributed by atoms with Crippen molar-refractivity contribution < 1.29 is 9.53 Å². The Morgan fingerprint density at radius 2 is 1.79 bits per heavy atom. The summed E-state index contributed by atoms with van der Waals surface area (Å²) in [5.41, 5.74) is 1.77. The highest BCUT2D eigenvalue weighted by Crippen LogP contribution is 2.31. The molecule has 24 heavy (non-hydrogen) atoms. The number of para-hydroxylation sites is 1. The van der Waals surface area contributed by atoms with E-state index in [0.29, 0.717) is 18.1 Å². The zero-order valence-electron chi connectivity index (χ0n) is 13.5. The standard InChI is InChI=1S/C18H20ClN3O2/c1-24-17-8-7-14(19)13-16(17)21-9-11-22(12-10-21)18(23)20-15-5-3-2-4-6-15/h2-8,13H,9-12H2,1H3,(H,20,23). The average Bonchev–Trinajstić information content (AvgIpc) is 2.62. The van der Waals surface area contributed by atoms with Gasteiger partial charge in [0.15, 0.2) is 0 Å². The maximum absolute atomic E-state index is 12.3. The van der Waals surface area contributed by atoms with Crippen molar-refractivity contribution in [3.63, 3.8) is 0 Å². The van der Waals surface area contributed by atoms with Gasteiger partial charge in [-0.05, 0) is 30.3 Å². The molecule has 0 aromatic heterocycles. The molecule has 1 fully saturated rings. The first-order valence-electron chi connectivity index (χ1n) is 7.87. The Labute approximate surface area is 146 Å². The molecule has 2 aromatic rings. The van der Waals surface area contributed by atoms with Crippen LogP contribution >= 0.6 is 11.6 Å². The highest BCUT2D eigenvalue weighted by molar-refractivity contribution is 6.30. The summed E-state index contributed by atoms with van der Waals surface area (Å²) in [5.74, 6) is 0.793. The Morgan fingerprint density at radius 3 is 2.46 bits per heavy atom. The average molecular weight is 346 g/mol. The molecule has 1 aliphatic rings. The van der Waals surface area contributed by atoms with E-state index < -0.39 is 0 Å². The first-order valence-corrected chi connectivity index (χ1v) is 8.24. The summed E-state index contributed by atoms with van der Waals surface area (Å²) >= 11 is 6.11. The monoisotopic (exact) mass is 345 g/mol. The third kappa shape index (κ3) is 3.74. The lowest BCUT2D eigenvalue weighted by atomic mass is 10.2. The van der Waals surface area contributed by atoms with Crippen LogP contribution in [0.1, 0.15) is 0 Å². The molecule has 0 bridgehead atoms. The molecule has 5 nitrogen and oxygen atoms in total. The molecular weight excluding hydrogens is 326 g/mol. The molecule has 0 saturated carbocycles. The number of piperazine rings is 1. The van der Waals surface area contributed by atoms with Gasteiger partial charge in [-0.3, -0.25) is 0 Å². The highest BCUT2D eigenvalue weighted by Gasteiger charge is 2.23. The van der Waals surface area contributed by atoms with Gasteiger partial charge in [0, 0.05) is 36.9 Å². The number of halogens is 1. The fraction of sp³-hybridized carbons (Fsp3) is 0.278. The lowest BCUT2D eigenvalue weighted by Crippen LogP contribution is -2.50. The molecule has 0 aliphatic carbocycles. The third-order valence-electron chi connectivity index (χ3n) is 4.07.